The van der Waals surface area contributed by atoms with E-state index < -0.39 is 11.4 Å². The van der Waals surface area contributed by atoms with E-state index in [0.29, 0.717) is 36.2 Å². The molecule has 3 aromatic carbocycles. The van der Waals surface area contributed by atoms with E-state index in [-0.39, 0.29) is 36.4 Å². The first-order valence-electron chi connectivity index (χ1n) is 17.0. The highest BCUT2D eigenvalue weighted by atomic mass is 16.7. The first-order valence-corrected chi connectivity index (χ1v) is 17.0. The fourth-order valence-electron chi connectivity index (χ4n) is 6.67. The van der Waals surface area contributed by atoms with Gasteiger partial charge in [-0.25, -0.2) is 0 Å². The lowest BCUT2D eigenvalue weighted by atomic mass is 9.94. The molecule has 2 atom stereocenters. The highest BCUT2D eigenvalue weighted by Gasteiger charge is 2.38. The molecule has 0 bridgehead atoms. The zero-order valence-corrected chi connectivity index (χ0v) is 29.6. The highest BCUT2D eigenvalue weighted by molar-refractivity contribution is 6.12. The average molecular weight is 662 g/mol. The SMILES string of the molecule is CC(C)c1c(C(=O)Nc2ccccc2)c(-c2ccccc2)c(-c2ccc(C#N)cc2)n1CC[C@@H]1C[C@H](CC(=O)OC(C)(C)C)OC(C)(C)O1. The molecule has 1 aromatic heterocycles. The van der Waals surface area contributed by atoms with Crippen LogP contribution in [-0.2, 0) is 25.5 Å². The molecule has 0 unspecified atom stereocenters. The van der Waals surface area contributed by atoms with Crippen molar-refractivity contribution in [3.63, 3.8) is 0 Å². The lowest BCUT2D eigenvalue weighted by Crippen LogP contribution is -2.46. The molecular weight excluding hydrogens is 614 g/mol. The van der Waals surface area contributed by atoms with Crippen molar-refractivity contribution >= 4 is 17.6 Å². The number of para-hydroxylation sites is 1. The summed E-state index contributed by atoms with van der Waals surface area (Å²) in [6.45, 7) is 14.1. The number of aromatic nitrogens is 1. The van der Waals surface area contributed by atoms with Crippen LogP contribution in [0.5, 0.6) is 0 Å². The van der Waals surface area contributed by atoms with E-state index in [1.54, 1.807) is 0 Å². The smallest absolute Gasteiger partial charge is 0.308 e. The van der Waals surface area contributed by atoms with Crippen LogP contribution >= 0.6 is 0 Å². The van der Waals surface area contributed by atoms with E-state index in [1.165, 1.54) is 0 Å². The third kappa shape index (κ3) is 8.86. The van der Waals surface area contributed by atoms with Gasteiger partial charge in [0, 0.05) is 29.9 Å². The quantitative estimate of drug-likeness (QED) is 0.170. The number of nitriles is 1. The zero-order chi connectivity index (χ0) is 35.3. The normalized spacial score (nSPS) is 17.4. The first kappa shape index (κ1) is 35.6. The van der Waals surface area contributed by atoms with Crippen molar-refractivity contribution in [2.75, 3.05) is 5.32 Å². The van der Waals surface area contributed by atoms with Crippen molar-refractivity contribution in [3.05, 3.63) is 102 Å². The number of hydrogen-bond donors (Lipinski definition) is 1. The molecule has 2 heterocycles. The maximum Gasteiger partial charge on any atom is 0.308 e. The van der Waals surface area contributed by atoms with Crippen molar-refractivity contribution in [1.82, 2.24) is 4.57 Å². The lowest BCUT2D eigenvalue weighted by Gasteiger charge is -2.41. The predicted molar refractivity (Wildman–Crippen MR) is 192 cm³/mol. The van der Waals surface area contributed by atoms with E-state index in [1.807, 2.05) is 120 Å². The molecule has 1 saturated heterocycles. The summed E-state index contributed by atoms with van der Waals surface area (Å²) in [5, 5.41) is 12.7. The lowest BCUT2D eigenvalue weighted by molar-refractivity contribution is -0.301. The number of ether oxygens (including phenoxy) is 3. The molecule has 1 aliphatic rings. The minimum absolute atomic E-state index is 0.0157. The Balaban J connectivity index is 1.60. The van der Waals surface area contributed by atoms with Crippen molar-refractivity contribution in [3.8, 4) is 28.5 Å². The molecule has 0 saturated carbocycles. The highest BCUT2D eigenvalue weighted by Crippen LogP contribution is 2.43. The second kappa shape index (κ2) is 14.8. The first-order chi connectivity index (χ1) is 23.2. The molecule has 8 heteroatoms. The topological polar surface area (TPSA) is 103 Å². The number of rotatable bonds is 10. The van der Waals surface area contributed by atoms with Gasteiger partial charge >= 0.3 is 5.97 Å². The van der Waals surface area contributed by atoms with Crippen LogP contribution in [0.1, 0.15) is 95.3 Å². The minimum Gasteiger partial charge on any atom is -0.460 e. The fourth-order valence-corrected chi connectivity index (χ4v) is 6.67. The van der Waals surface area contributed by atoms with Gasteiger partial charge in [0.15, 0.2) is 5.79 Å². The summed E-state index contributed by atoms with van der Waals surface area (Å²) in [6.07, 6.45) is 0.709. The van der Waals surface area contributed by atoms with Crippen molar-refractivity contribution in [2.24, 2.45) is 0 Å². The van der Waals surface area contributed by atoms with Gasteiger partial charge in [0.05, 0.1) is 41.5 Å². The molecule has 1 aliphatic heterocycles. The molecule has 4 aromatic rings. The summed E-state index contributed by atoms with van der Waals surface area (Å²) in [4.78, 5) is 27.2. The Morgan fingerprint density at radius 2 is 1.55 bits per heavy atom. The number of anilines is 1. The standard InChI is InChI=1S/C41H47N3O5/c1-27(2)37-36(39(46)43-31-16-12-9-13-17-31)35(29-14-10-8-11-15-29)38(30-20-18-28(26-42)19-21-30)44(37)23-22-32-24-33(48-41(6,7)47-32)25-34(45)49-40(3,4)5/h8-21,27,32-33H,22-25H2,1-7H3,(H,43,46)/t32-,33-/m1/s1. The van der Waals surface area contributed by atoms with E-state index in [4.69, 9.17) is 14.2 Å². The molecule has 5 rings (SSSR count). The Kier molecular flexibility index (Phi) is 10.8. The number of carbonyl (C=O) groups excluding carboxylic acids is 2. The van der Waals surface area contributed by atoms with Gasteiger partial charge in [-0.1, -0.05) is 74.5 Å². The molecule has 1 N–H and O–H groups in total. The third-order valence-corrected chi connectivity index (χ3v) is 8.37. The van der Waals surface area contributed by atoms with Crippen LogP contribution in [0.25, 0.3) is 22.4 Å². The van der Waals surface area contributed by atoms with Gasteiger partial charge in [-0.15, -0.1) is 0 Å². The molecule has 8 nitrogen and oxygen atoms in total. The molecule has 1 fully saturated rings. The Morgan fingerprint density at radius 1 is 0.939 bits per heavy atom. The van der Waals surface area contributed by atoms with Crippen LogP contribution in [0.2, 0.25) is 0 Å². The Morgan fingerprint density at radius 3 is 2.14 bits per heavy atom. The maximum absolute atomic E-state index is 14.4. The van der Waals surface area contributed by atoms with Gasteiger partial charge in [-0.2, -0.15) is 5.26 Å². The Bertz CT molecular complexity index is 1800. The van der Waals surface area contributed by atoms with Gasteiger partial charge in [-0.05, 0) is 82.3 Å². The second-order valence-electron chi connectivity index (χ2n) is 14.4. The van der Waals surface area contributed by atoms with Crippen LogP contribution in [0.15, 0.2) is 84.9 Å². The van der Waals surface area contributed by atoms with Crippen molar-refractivity contribution < 1.29 is 23.8 Å². The zero-order valence-electron chi connectivity index (χ0n) is 29.6. The van der Waals surface area contributed by atoms with E-state index in [9.17, 15) is 14.9 Å². The summed E-state index contributed by atoms with van der Waals surface area (Å²) in [5.41, 5.74) is 5.75. The molecule has 256 valence electrons. The van der Waals surface area contributed by atoms with E-state index in [2.05, 4.69) is 29.8 Å². The summed E-state index contributed by atoms with van der Waals surface area (Å²) in [7, 11) is 0. The maximum atomic E-state index is 14.4. The van der Waals surface area contributed by atoms with Gasteiger partial charge in [-0.3, -0.25) is 9.59 Å². The molecule has 49 heavy (non-hydrogen) atoms. The van der Waals surface area contributed by atoms with Gasteiger partial charge < -0.3 is 24.1 Å². The Labute approximate surface area is 290 Å². The van der Waals surface area contributed by atoms with Crippen molar-refractivity contribution in [1.29, 1.82) is 5.26 Å². The van der Waals surface area contributed by atoms with Gasteiger partial charge in [0.2, 0.25) is 0 Å². The number of hydrogen-bond acceptors (Lipinski definition) is 6. The van der Waals surface area contributed by atoms with Crippen molar-refractivity contribution in [2.45, 2.75) is 104 Å². The second-order valence-corrected chi connectivity index (χ2v) is 14.4. The summed E-state index contributed by atoms with van der Waals surface area (Å²) in [6, 6.07) is 29.2. The predicted octanol–water partition coefficient (Wildman–Crippen LogP) is 9.10. The monoisotopic (exact) mass is 661 g/mol. The van der Waals surface area contributed by atoms with Crippen LogP contribution in [0.4, 0.5) is 5.69 Å². The van der Waals surface area contributed by atoms with E-state index >= 15 is 0 Å². The largest absolute Gasteiger partial charge is 0.460 e. The Hall–Kier alpha value is -4.71. The van der Waals surface area contributed by atoms with Gasteiger partial charge in [0.25, 0.3) is 5.91 Å². The number of amides is 1. The summed E-state index contributed by atoms with van der Waals surface area (Å²) < 4.78 is 20.5. The molecular formula is C41H47N3O5. The number of esters is 1. The average Bonchev–Trinajstić information content (AvgIpc) is 3.38. The summed E-state index contributed by atoms with van der Waals surface area (Å²) in [5.74, 6) is -1.40. The number of nitrogens with zero attached hydrogens (tertiary/aromatic N) is 2. The number of nitrogens with one attached hydrogen (secondary N) is 1. The van der Waals surface area contributed by atoms with Crippen LogP contribution in [0, 0.1) is 11.3 Å². The molecule has 0 aliphatic carbocycles. The van der Waals surface area contributed by atoms with E-state index in [0.717, 1.165) is 28.1 Å². The molecule has 0 radical (unpaired) electrons. The van der Waals surface area contributed by atoms with Gasteiger partial charge in [0.1, 0.15) is 5.60 Å². The summed E-state index contributed by atoms with van der Waals surface area (Å²) >= 11 is 0. The van der Waals surface area contributed by atoms with Crippen LogP contribution in [0.3, 0.4) is 0 Å². The van der Waals surface area contributed by atoms with Crippen LogP contribution < -0.4 is 5.32 Å². The number of carbonyl (C=O) groups is 2. The molecule has 0 spiro atoms. The third-order valence-electron chi connectivity index (χ3n) is 8.37. The number of benzene rings is 3. The molecule has 1 amide bonds. The fraction of sp³-hybridized carbons (Fsp3) is 0.390. The minimum atomic E-state index is -0.890. The van der Waals surface area contributed by atoms with Crippen LogP contribution in [-0.4, -0.2) is 40.0 Å².